The van der Waals surface area contributed by atoms with Gasteiger partial charge in [-0.25, -0.2) is 4.98 Å². The molecule has 1 aromatic heterocycles. The maximum absolute atomic E-state index is 13.6. The van der Waals surface area contributed by atoms with Gasteiger partial charge in [-0.3, -0.25) is 9.59 Å². The van der Waals surface area contributed by atoms with Crippen molar-refractivity contribution in [2.24, 2.45) is 11.7 Å². The van der Waals surface area contributed by atoms with E-state index in [1.54, 1.807) is 42.5 Å². The molecule has 1 fully saturated rings. The molecule has 0 aliphatic heterocycles. The molecule has 1 saturated carbocycles. The van der Waals surface area contributed by atoms with Crippen molar-refractivity contribution < 1.29 is 22.8 Å². The third kappa shape index (κ3) is 5.86. The van der Waals surface area contributed by atoms with Crippen molar-refractivity contribution in [3.05, 3.63) is 71.9 Å². The van der Waals surface area contributed by atoms with Crippen LogP contribution in [-0.4, -0.2) is 27.8 Å². The van der Waals surface area contributed by atoms with E-state index in [4.69, 9.17) is 5.73 Å². The molecule has 2 amide bonds. The molecular formula is C24H23F3N6O2. The SMILES string of the molecule is NC(=O)[C@H]1CCC[C@H]1Nc1nc(Nc2cccc(C(=O)Nc3ccccc3)c2)ncc1C(F)(F)F. The summed E-state index contributed by atoms with van der Waals surface area (Å²) in [5.74, 6) is -2.04. The van der Waals surface area contributed by atoms with Crippen LogP contribution in [0.25, 0.3) is 0 Å². The van der Waals surface area contributed by atoms with Crippen molar-refractivity contribution in [1.29, 1.82) is 0 Å². The fourth-order valence-corrected chi connectivity index (χ4v) is 4.00. The number of para-hydroxylation sites is 1. The average Bonchev–Trinajstić information content (AvgIpc) is 3.28. The number of carbonyl (C=O) groups is 2. The highest BCUT2D eigenvalue weighted by Crippen LogP contribution is 2.36. The van der Waals surface area contributed by atoms with E-state index in [1.807, 2.05) is 6.07 Å². The van der Waals surface area contributed by atoms with Crippen LogP contribution in [-0.2, 0) is 11.0 Å². The van der Waals surface area contributed by atoms with Crippen LogP contribution in [0, 0.1) is 5.92 Å². The molecule has 2 atom stereocenters. The maximum Gasteiger partial charge on any atom is 0.421 e. The minimum atomic E-state index is -4.70. The molecule has 0 saturated heterocycles. The van der Waals surface area contributed by atoms with Gasteiger partial charge < -0.3 is 21.7 Å². The zero-order valence-corrected chi connectivity index (χ0v) is 18.5. The summed E-state index contributed by atoms with van der Waals surface area (Å²) in [7, 11) is 0. The van der Waals surface area contributed by atoms with E-state index in [1.165, 1.54) is 6.07 Å². The predicted octanol–water partition coefficient (Wildman–Crippen LogP) is 4.56. The summed E-state index contributed by atoms with van der Waals surface area (Å²) < 4.78 is 40.7. The Balaban J connectivity index is 1.55. The van der Waals surface area contributed by atoms with Crippen LogP contribution in [0.4, 0.5) is 36.3 Å². The fraction of sp³-hybridized carbons (Fsp3) is 0.250. The van der Waals surface area contributed by atoms with Crippen LogP contribution < -0.4 is 21.7 Å². The number of nitrogens with two attached hydrogens (primary N) is 1. The first-order valence-electron chi connectivity index (χ1n) is 10.9. The Morgan fingerprint density at radius 1 is 1.00 bits per heavy atom. The second-order valence-electron chi connectivity index (χ2n) is 8.17. The molecule has 0 spiro atoms. The predicted molar refractivity (Wildman–Crippen MR) is 125 cm³/mol. The number of aromatic nitrogens is 2. The van der Waals surface area contributed by atoms with E-state index in [-0.39, 0.29) is 11.9 Å². The molecule has 4 rings (SSSR count). The van der Waals surface area contributed by atoms with Crippen molar-refractivity contribution in [2.75, 3.05) is 16.0 Å². The summed E-state index contributed by atoms with van der Waals surface area (Å²) >= 11 is 0. The largest absolute Gasteiger partial charge is 0.421 e. The lowest BCUT2D eigenvalue weighted by atomic mass is 10.0. The maximum atomic E-state index is 13.6. The van der Waals surface area contributed by atoms with Gasteiger partial charge in [-0.1, -0.05) is 30.7 Å². The highest BCUT2D eigenvalue weighted by Gasteiger charge is 2.38. The number of carbonyl (C=O) groups excluding carboxylic acids is 2. The number of alkyl halides is 3. The van der Waals surface area contributed by atoms with Gasteiger partial charge in [0, 0.05) is 29.2 Å². The molecule has 0 radical (unpaired) electrons. The Hall–Kier alpha value is -4.15. The van der Waals surface area contributed by atoms with Crippen LogP contribution in [0.1, 0.15) is 35.2 Å². The van der Waals surface area contributed by atoms with Gasteiger partial charge in [0.15, 0.2) is 0 Å². The van der Waals surface area contributed by atoms with E-state index in [0.29, 0.717) is 42.4 Å². The first kappa shape index (κ1) is 24.0. The lowest BCUT2D eigenvalue weighted by Crippen LogP contribution is -2.35. The molecule has 1 aliphatic rings. The number of benzene rings is 2. The average molecular weight is 484 g/mol. The van der Waals surface area contributed by atoms with Crippen molar-refractivity contribution >= 4 is 35.0 Å². The Kier molecular flexibility index (Phi) is 6.85. The van der Waals surface area contributed by atoms with Gasteiger partial charge in [0.2, 0.25) is 11.9 Å². The Labute approximate surface area is 199 Å². The summed E-state index contributed by atoms with van der Waals surface area (Å²) in [4.78, 5) is 32.1. The summed E-state index contributed by atoms with van der Waals surface area (Å²) in [5, 5.41) is 8.36. The van der Waals surface area contributed by atoms with Crippen molar-refractivity contribution in [3.63, 3.8) is 0 Å². The number of primary amides is 1. The molecule has 11 heteroatoms. The summed E-state index contributed by atoms with van der Waals surface area (Å²) in [6.07, 6.45) is -2.35. The van der Waals surface area contributed by atoms with E-state index in [0.717, 1.165) is 0 Å². The Morgan fingerprint density at radius 2 is 1.74 bits per heavy atom. The molecule has 8 nitrogen and oxygen atoms in total. The van der Waals surface area contributed by atoms with E-state index in [9.17, 15) is 22.8 Å². The molecule has 35 heavy (non-hydrogen) atoms. The second-order valence-corrected chi connectivity index (χ2v) is 8.17. The minimum absolute atomic E-state index is 0.102. The third-order valence-corrected chi connectivity index (χ3v) is 5.71. The smallest absolute Gasteiger partial charge is 0.369 e. The molecular weight excluding hydrogens is 461 g/mol. The number of halogens is 3. The van der Waals surface area contributed by atoms with Crippen LogP contribution in [0.5, 0.6) is 0 Å². The number of hydrogen-bond acceptors (Lipinski definition) is 6. The lowest BCUT2D eigenvalue weighted by Gasteiger charge is -2.22. The van der Waals surface area contributed by atoms with Crippen LogP contribution in [0.2, 0.25) is 0 Å². The molecule has 182 valence electrons. The van der Waals surface area contributed by atoms with Gasteiger partial charge in [-0.05, 0) is 43.2 Å². The van der Waals surface area contributed by atoms with Gasteiger partial charge >= 0.3 is 6.18 Å². The normalized spacial score (nSPS) is 17.6. The topological polar surface area (TPSA) is 122 Å². The van der Waals surface area contributed by atoms with Gasteiger partial charge in [0.1, 0.15) is 11.4 Å². The summed E-state index contributed by atoms with van der Waals surface area (Å²) in [6.45, 7) is 0. The number of nitrogens with zero attached hydrogens (tertiary/aromatic N) is 2. The van der Waals surface area contributed by atoms with Crippen LogP contribution in [0.3, 0.4) is 0 Å². The van der Waals surface area contributed by atoms with Crippen molar-refractivity contribution in [3.8, 4) is 0 Å². The number of nitrogens with one attached hydrogen (secondary N) is 3. The molecule has 0 unspecified atom stereocenters. The summed E-state index contributed by atoms with van der Waals surface area (Å²) in [6, 6.07) is 14.7. The molecule has 5 N–H and O–H groups in total. The third-order valence-electron chi connectivity index (χ3n) is 5.71. The number of amides is 2. The fourth-order valence-electron chi connectivity index (χ4n) is 4.00. The highest BCUT2D eigenvalue weighted by atomic mass is 19.4. The number of rotatable bonds is 7. The van der Waals surface area contributed by atoms with Crippen LogP contribution >= 0.6 is 0 Å². The molecule has 0 bridgehead atoms. The lowest BCUT2D eigenvalue weighted by molar-refractivity contribution is -0.137. The van der Waals surface area contributed by atoms with E-state index >= 15 is 0 Å². The first-order valence-corrected chi connectivity index (χ1v) is 10.9. The van der Waals surface area contributed by atoms with Gasteiger partial charge in [0.05, 0.1) is 5.92 Å². The monoisotopic (exact) mass is 484 g/mol. The highest BCUT2D eigenvalue weighted by molar-refractivity contribution is 6.04. The van der Waals surface area contributed by atoms with Crippen molar-refractivity contribution in [1.82, 2.24) is 9.97 Å². The second kappa shape index (κ2) is 10.00. The van der Waals surface area contributed by atoms with Crippen LogP contribution in [0.15, 0.2) is 60.8 Å². The van der Waals surface area contributed by atoms with Crippen molar-refractivity contribution in [2.45, 2.75) is 31.5 Å². The standard InChI is InChI=1S/C24H23F3N6O2/c25-24(26,27)18-13-29-23(33-21(18)32-19-11-5-10-17(19)20(28)34)31-16-9-4-6-14(12-16)22(35)30-15-7-2-1-3-8-15/h1-4,6-9,12-13,17,19H,5,10-11H2,(H2,28,34)(H,30,35)(H2,29,31,32,33)/t17-,19+/m0/s1. The molecule has 3 aromatic rings. The summed E-state index contributed by atoms with van der Waals surface area (Å²) in [5.41, 5.74) is 5.73. The van der Waals surface area contributed by atoms with E-state index in [2.05, 4.69) is 25.9 Å². The zero-order valence-electron chi connectivity index (χ0n) is 18.5. The van der Waals surface area contributed by atoms with Gasteiger partial charge in [-0.2, -0.15) is 18.2 Å². The first-order chi connectivity index (χ1) is 16.7. The molecule has 1 heterocycles. The Bertz CT molecular complexity index is 1220. The van der Waals surface area contributed by atoms with Gasteiger partial charge in [0.25, 0.3) is 5.91 Å². The number of hydrogen-bond donors (Lipinski definition) is 4. The minimum Gasteiger partial charge on any atom is -0.369 e. The van der Waals surface area contributed by atoms with E-state index < -0.39 is 35.4 Å². The zero-order chi connectivity index (χ0) is 25.0. The Morgan fingerprint density at radius 3 is 2.46 bits per heavy atom. The van der Waals surface area contributed by atoms with Gasteiger partial charge in [-0.15, -0.1) is 0 Å². The number of anilines is 4. The quantitative estimate of drug-likeness (QED) is 0.390. The molecule has 1 aliphatic carbocycles. The molecule has 2 aromatic carbocycles.